The number of rotatable bonds is 15. The van der Waals surface area contributed by atoms with E-state index in [4.69, 9.17) is 14.2 Å². The lowest BCUT2D eigenvalue weighted by Crippen LogP contribution is -2.50. The lowest BCUT2D eigenvalue weighted by Gasteiger charge is -2.31. The van der Waals surface area contributed by atoms with Gasteiger partial charge in [0.15, 0.2) is 6.04 Å². The van der Waals surface area contributed by atoms with Gasteiger partial charge in [-0.05, 0) is 67.9 Å². The molecule has 1 amide bonds. The lowest BCUT2D eigenvalue weighted by atomic mass is 9.98. The van der Waals surface area contributed by atoms with Crippen molar-refractivity contribution in [2.45, 2.75) is 77.5 Å². The van der Waals surface area contributed by atoms with Crippen LogP contribution in [0, 0.1) is 0 Å². The van der Waals surface area contributed by atoms with Crippen molar-refractivity contribution in [2.24, 2.45) is 0 Å². The first kappa shape index (κ1) is 36.3. The first-order chi connectivity index (χ1) is 24.1. The number of carbonyl (C=O) groups excluding carboxylic acids is 2. The monoisotopic (exact) mass is 683 g/mol. The van der Waals surface area contributed by atoms with Crippen LogP contribution in [0.2, 0.25) is 0 Å². The van der Waals surface area contributed by atoms with Crippen molar-refractivity contribution in [3.8, 4) is 11.1 Å². The number of unbranched alkanes of at least 4 members (excludes halogenated alkanes) is 2. The van der Waals surface area contributed by atoms with Gasteiger partial charge in [-0.25, -0.2) is 19.0 Å². The van der Waals surface area contributed by atoms with Gasteiger partial charge in [0.2, 0.25) is 0 Å². The second kappa shape index (κ2) is 16.6. The molecule has 0 unspecified atom stereocenters. The van der Waals surface area contributed by atoms with Crippen molar-refractivity contribution >= 4 is 12.1 Å². The molecule has 0 fully saturated rings. The molecule has 0 saturated carbocycles. The zero-order chi connectivity index (χ0) is 35.7. The number of benzene rings is 3. The Balaban J connectivity index is 1.21. The fourth-order valence-electron chi connectivity index (χ4n) is 6.14. The molecule has 1 heterocycles. The van der Waals surface area contributed by atoms with E-state index in [1.807, 2.05) is 66.7 Å². The minimum atomic E-state index is -1.26. The number of aliphatic hydroxyl groups is 1. The van der Waals surface area contributed by atoms with E-state index >= 15 is 0 Å². The minimum absolute atomic E-state index is 0.0590. The minimum Gasteiger partial charge on any atom is -0.458 e. The number of aliphatic hydroxyl groups excluding tert-OH is 1. The third-order valence-corrected chi connectivity index (χ3v) is 8.57. The Kier molecular flexibility index (Phi) is 12.0. The van der Waals surface area contributed by atoms with Crippen LogP contribution in [0.1, 0.15) is 62.6 Å². The third-order valence-electron chi connectivity index (χ3n) is 8.57. The van der Waals surface area contributed by atoms with E-state index in [9.17, 15) is 24.3 Å². The van der Waals surface area contributed by atoms with Gasteiger partial charge in [0.25, 0.3) is 5.56 Å². The van der Waals surface area contributed by atoms with E-state index in [1.54, 1.807) is 20.8 Å². The molecular weight excluding hydrogens is 638 g/mol. The van der Waals surface area contributed by atoms with Gasteiger partial charge in [-0.1, -0.05) is 78.9 Å². The lowest BCUT2D eigenvalue weighted by molar-refractivity contribution is -0.162. The van der Waals surface area contributed by atoms with Crippen LogP contribution in [-0.4, -0.2) is 62.6 Å². The summed E-state index contributed by atoms with van der Waals surface area (Å²) < 4.78 is 19.5. The van der Waals surface area contributed by atoms with Crippen molar-refractivity contribution in [3.63, 3.8) is 0 Å². The predicted octanol–water partition coefficient (Wildman–Crippen LogP) is 5.31. The zero-order valence-corrected chi connectivity index (χ0v) is 28.8. The van der Waals surface area contributed by atoms with E-state index < -0.39 is 41.6 Å². The van der Waals surface area contributed by atoms with Gasteiger partial charge in [0, 0.05) is 31.3 Å². The Morgan fingerprint density at radius 3 is 2.14 bits per heavy atom. The molecule has 1 aliphatic rings. The van der Waals surface area contributed by atoms with Crippen LogP contribution in [-0.2, 0) is 38.9 Å². The largest absolute Gasteiger partial charge is 0.458 e. The van der Waals surface area contributed by atoms with Crippen molar-refractivity contribution in [1.82, 2.24) is 14.0 Å². The maximum atomic E-state index is 13.7. The highest BCUT2D eigenvalue weighted by atomic mass is 16.6. The van der Waals surface area contributed by atoms with Crippen LogP contribution in [0.4, 0.5) is 4.79 Å². The van der Waals surface area contributed by atoms with Gasteiger partial charge < -0.3 is 23.9 Å². The number of ether oxygens (including phenoxy) is 3. The quantitative estimate of drug-likeness (QED) is 0.132. The molecule has 1 atom stereocenters. The Morgan fingerprint density at radius 2 is 1.50 bits per heavy atom. The molecule has 0 aliphatic heterocycles. The van der Waals surface area contributed by atoms with Crippen LogP contribution in [0.3, 0.4) is 0 Å². The molecule has 1 aliphatic carbocycles. The summed E-state index contributed by atoms with van der Waals surface area (Å²) in [6, 6.07) is 25.6. The van der Waals surface area contributed by atoms with Crippen LogP contribution in [0.15, 0.2) is 101 Å². The van der Waals surface area contributed by atoms with Gasteiger partial charge >= 0.3 is 17.8 Å². The van der Waals surface area contributed by atoms with Crippen LogP contribution < -0.4 is 11.2 Å². The number of amides is 1. The zero-order valence-electron chi connectivity index (χ0n) is 28.8. The summed E-state index contributed by atoms with van der Waals surface area (Å²) in [5.74, 6) is -0.899. The van der Waals surface area contributed by atoms with E-state index in [1.165, 1.54) is 21.7 Å². The van der Waals surface area contributed by atoms with Gasteiger partial charge in [0.1, 0.15) is 18.9 Å². The predicted molar refractivity (Wildman–Crippen MR) is 189 cm³/mol. The smallest absolute Gasteiger partial charge is 0.410 e. The van der Waals surface area contributed by atoms with Gasteiger partial charge in [-0.15, -0.1) is 0 Å². The maximum absolute atomic E-state index is 13.7. The summed E-state index contributed by atoms with van der Waals surface area (Å²) in [5.41, 5.74) is 3.49. The summed E-state index contributed by atoms with van der Waals surface area (Å²) in [6.07, 6.45) is 2.33. The maximum Gasteiger partial charge on any atom is 0.410 e. The van der Waals surface area contributed by atoms with E-state index in [0.717, 1.165) is 32.4 Å². The Bertz CT molecular complexity index is 1830. The van der Waals surface area contributed by atoms with Crippen molar-refractivity contribution in [3.05, 3.63) is 129 Å². The number of aryl methyl sites for hydroxylation is 1. The molecule has 0 saturated heterocycles. The molecule has 1 N–H and O–H groups in total. The number of nitrogens with zero attached hydrogens (tertiary/aromatic N) is 3. The number of hydrogen-bond acceptors (Lipinski definition) is 8. The van der Waals surface area contributed by atoms with Crippen LogP contribution in [0.25, 0.3) is 11.1 Å². The Morgan fingerprint density at radius 1 is 0.860 bits per heavy atom. The second-order valence-electron chi connectivity index (χ2n) is 13.3. The van der Waals surface area contributed by atoms with Crippen LogP contribution in [0.5, 0.6) is 0 Å². The molecule has 0 bridgehead atoms. The molecule has 11 nitrogen and oxygen atoms in total. The van der Waals surface area contributed by atoms with E-state index in [2.05, 4.69) is 12.1 Å². The van der Waals surface area contributed by atoms with Crippen molar-refractivity contribution in [1.29, 1.82) is 0 Å². The Hall–Kier alpha value is -5.00. The standard InChI is InChI=1S/C39H45N3O8/c1-39(2,3)50-36(45)34(24-43)41(38(47)49-26-33-31-18-10-8-16-29(31)30-17-9-11-19-32(30)33)22-13-5-12-21-40-23-20-35(44)42(37(40)46)27-48-25-28-14-6-4-7-15-28/h4,6-11,14-20,23,33-34,43H,5,12-13,21-22,24-27H2,1-3H3/t34-/m0/s1. The molecular formula is C39H45N3O8. The average molecular weight is 684 g/mol. The van der Waals surface area contributed by atoms with E-state index in [0.29, 0.717) is 25.8 Å². The fourth-order valence-corrected chi connectivity index (χ4v) is 6.14. The number of hydrogen-bond donors (Lipinski definition) is 1. The van der Waals surface area contributed by atoms with Gasteiger partial charge in [-0.3, -0.25) is 9.69 Å². The molecule has 11 heteroatoms. The van der Waals surface area contributed by atoms with E-state index in [-0.39, 0.29) is 32.4 Å². The highest BCUT2D eigenvalue weighted by molar-refractivity contribution is 5.82. The Labute approximate surface area is 291 Å². The SMILES string of the molecule is CC(C)(C)OC(=O)[C@H](CO)N(CCCCCn1ccc(=O)n(COCc2ccccc2)c1=O)C(=O)OCC1c2ccccc2-c2ccccc21. The average Bonchev–Trinajstić information content (AvgIpc) is 3.42. The summed E-state index contributed by atoms with van der Waals surface area (Å²) in [4.78, 5) is 53.5. The first-order valence-corrected chi connectivity index (χ1v) is 16.9. The number of aromatic nitrogens is 2. The summed E-state index contributed by atoms with van der Waals surface area (Å²) in [7, 11) is 0. The third kappa shape index (κ3) is 8.96. The highest BCUT2D eigenvalue weighted by Gasteiger charge is 2.35. The molecule has 0 spiro atoms. The number of fused-ring (bicyclic) bond motifs is 3. The molecule has 3 aromatic carbocycles. The fraction of sp³-hybridized carbons (Fsp3) is 0.385. The second-order valence-corrected chi connectivity index (χ2v) is 13.3. The highest BCUT2D eigenvalue weighted by Crippen LogP contribution is 2.44. The van der Waals surface area contributed by atoms with Gasteiger partial charge in [0.05, 0.1) is 13.2 Å². The number of esters is 1. The van der Waals surface area contributed by atoms with Crippen LogP contribution >= 0.6 is 0 Å². The molecule has 50 heavy (non-hydrogen) atoms. The summed E-state index contributed by atoms with van der Waals surface area (Å²) in [5, 5.41) is 10.3. The molecule has 0 radical (unpaired) electrons. The molecule has 4 aromatic rings. The van der Waals surface area contributed by atoms with Crippen molar-refractivity contribution in [2.75, 3.05) is 19.8 Å². The first-order valence-electron chi connectivity index (χ1n) is 16.9. The molecule has 5 rings (SSSR count). The summed E-state index contributed by atoms with van der Waals surface area (Å²) in [6.45, 7) is 5.12. The number of carbonyl (C=O) groups is 2. The molecule has 1 aromatic heterocycles. The normalized spacial score (nSPS) is 13.0. The molecule has 264 valence electrons. The van der Waals surface area contributed by atoms with Crippen molar-refractivity contribution < 1.29 is 28.9 Å². The van der Waals surface area contributed by atoms with Gasteiger partial charge in [-0.2, -0.15) is 0 Å². The summed E-state index contributed by atoms with van der Waals surface area (Å²) >= 11 is 0. The topological polar surface area (TPSA) is 129 Å².